The smallest absolute Gasteiger partial charge is 0.408 e. The third-order valence-electron chi connectivity index (χ3n) is 6.00. The Morgan fingerprint density at radius 3 is 2.78 bits per heavy atom. The highest BCUT2D eigenvalue weighted by Crippen LogP contribution is 2.28. The number of hydrogen-bond acceptors (Lipinski definition) is 7. The Balaban J connectivity index is 1.49. The summed E-state index contributed by atoms with van der Waals surface area (Å²) < 4.78 is 51.2. The molecular weight excluding hydrogens is 491 g/mol. The molecule has 1 aliphatic rings. The number of aliphatic carboxylic acids is 1. The number of halogens is 3. The van der Waals surface area contributed by atoms with Crippen LogP contribution in [0, 0.1) is 0 Å². The van der Waals surface area contributed by atoms with Crippen LogP contribution in [-0.4, -0.2) is 57.3 Å². The molecule has 0 saturated heterocycles. The minimum Gasteiger partial charge on any atom is -0.481 e. The molecule has 3 aromatic rings. The second-order valence-electron chi connectivity index (χ2n) is 8.82. The largest absolute Gasteiger partial charge is 0.481 e. The number of nitrogens with zero attached hydrogens (tertiary/aromatic N) is 4. The van der Waals surface area contributed by atoms with Gasteiger partial charge in [0.1, 0.15) is 12.4 Å². The van der Waals surface area contributed by atoms with Gasteiger partial charge in [-0.15, -0.1) is 0 Å². The summed E-state index contributed by atoms with van der Waals surface area (Å²) in [6.45, 7) is -0.360. The maximum absolute atomic E-state index is 13.2. The standard InChI is InChI=1S/C25H28F3N5O4/c1-36-21-7-5-17(14-30-21)18(12-23(34)35)11-20-13-22(33(32-20)15-25(26,27)28)37-10-8-19-6-4-16-3-2-9-29-24(16)31-19/h4-7,13-14,18H,2-3,8-12,15H2,1H3,(H,29,31)(H,34,35). The molecule has 1 atom stereocenters. The van der Waals surface area contributed by atoms with E-state index in [1.165, 1.54) is 19.4 Å². The summed E-state index contributed by atoms with van der Waals surface area (Å²) in [5.41, 5.74) is 2.82. The van der Waals surface area contributed by atoms with Crippen molar-refractivity contribution in [1.29, 1.82) is 0 Å². The predicted octanol–water partition coefficient (Wildman–Crippen LogP) is 4.02. The van der Waals surface area contributed by atoms with Gasteiger partial charge in [0.25, 0.3) is 0 Å². The van der Waals surface area contributed by atoms with Crippen LogP contribution < -0.4 is 14.8 Å². The lowest BCUT2D eigenvalue weighted by atomic mass is 9.92. The van der Waals surface area contributed by atoms with Crippen molar-refractivity contribution in [1.82, 2.24) is 19.7 Å². The average Bonchev–Trinajstić information content (AvgIpc) is 3.22. The molecule has 0 radical (unpaired) electrons. The number of carbonyl (C=O) groups is 1. The van der Waals surface area contributed by atoms with Crippen molar-refractivity contribution in [2.24, 2.45) is 0 Å². The molecule has 9 nitrogen and oxygen atoms in total. The van der Waals surface area contributed by atoms with E-state index in [9.17, 15) is 23.1 Å². The van der Waals surface area contributed by atoms with E-state index in [-0.39, 0.29) is 31.0 Å². The monoisotopic (exact) mass is 519 g/mol. The maximum atomic E-state index is 13.2. The van der Waals surface area contributed by atoms with Crippen LogP contribution in [0.5, 0.6) is 11.8 Å². The zero-order chi connectivity index (χ0) is 26.4. The quantitative estimate of drug-likeness (QED) is 0.391. The molecule has 198 valence electrons. The summed E-state index contributed by atoms with van der Waals surface area (Å²) in [6, 6.07) is 8.62. The van der Waals surface area contributed by atoms with Gasteiger partial charge in [-0.2, -0.15) is 18.3 Å². The van der Waals surface area contributed by atoms with Gasteiger partial charge in [0, 0.05) is 42.9 Å². The Morgan fingerprint density at radius 2 is 2.08 bits per heavy atom. The highest BCUT2D eigenvalue weighted by atomic mass is 19.4. The van der Waals surface area contributed by atoms with Crippen molar-refractivity contribution in [2.75, 3.05) is 25.6 Å². The number of nitrogens with one attached hydrogen (secondary N) is 1. The van der Waals surface area contributed by atoms with Gasteiger partial charge < -0.3 is 19.9 Å². The van der Waals surface area contributed by atoms with Crippen LogP contribution in [0.1, 0.15) is 41.3 Å². The molecule has 0 aromatic carbocycles. The number of alkyl halides is 3. The molecule has 3 aromatic heterocycles. The molecule has 0 bridgehead atoms. The lowest BCUT2D eigenvalue weighted by molar-refractivity contribution is -0.143. The molecule has 37 heavy (non-hydrogen) atoms. The number of fused-ring (bicyclic) bond motifs is 1. The number of ether oxygens (including phenoxy) is 2. The first-order chi connectivity index (χ1) is 17.7. The van der Waals surface area contributed by atoms with Crippen molar-refractivity contribution in [3.63, 3.8) is 0 Å². The van der Waals surface area contributed by atoms with Crippen molar-refractivity contribution in [3.8, 4) is 11.8 Å². The van der Waals surface area contributed by atoms with Gasteiger partial charge in [-0.1, -0.05) is 12.1 Å². The fraction of sp³-hybridized carbons (Fsp3) is 0.440. The fourth-order valence-electron chi connectivity index (χ4n) is 4.24. The number of carboxylic acid groups (broad SMARTS) is 1. The average molecular weight is 520 g/mol. The van der Waals surface area contributed by atoms with E-state index < -0.39 is 24.6 Å². The molecule has 1 unspecified atom stereocenters. The van der Waals surface area contributed by atoms with Gasteiger partial charge >= 0.3 is 12.1 Å². The normalized spacial score (nSPS) is 13.9. The highest BCUT2D eigenvalue weighted by Gasteiger charge is 2.31. The third kappa shape index (κ3) is 7.34. The van der Waals surface area contributed by atoms with E-state index >= 15 is 0 Å². The van der Waals surface area contributed by atoms with Gasteiger partial charge in [-0.05, 0) is 36.5 Å². The highest BCUT2D eigenvalue weighted by molar-refractivity contribution is 5.68. The van der Waals surface area contributed by atoms with Crippen LogP contribution in [0.2, 0.25) is 0 Å². The number of carboxylic acids is 1. The van der Waals surface area contributed by atoms with Gasteiger partial charge in [0.15, 0.2) is 0 Å². The first-order valence-corrected chi connectivity index (χ1v) is 11.9. The molecule has 4 heterocycles. The fourth-order valence-corrected chi connectivity index (χ4v) is 4.24. The van der Waals surface area contributed by atoms with Gasteiger partial charge in [-0.3, -0.25) is 4.79 Å². The summed E-state index contributed by atoms with van der Waals surface area (Å²) >= 11 is 0. The Labute approximate surface area is 211 Å². The number of pyridine rings is 2. The molecule has 12 heteroatoms. The number of anilines is 1. The van der Waals surface area contributed by atoms with E-state index in [0.29, 0.717) is 17.9 Å². The number of methoxy groups -OCH3 is 1. The summed E-state index contributed by atoms with van der Waals surface area (Å²) in [4.78, 5) is 20.2. The molecule has 0 saturated carbocycles. The van der Waals surface area contributed by atoms with Crippen LogP contribution in [0.4, 0.5) is 19.0 Å². The second kappa shape index (κ2) is 11.5. The van der Waals surface area contributed by atoms with Crippen molar-refractivity contribution < 1.29 is 32.5 Å². The Hall–Kier alpha value is -3.83. The summed E-state index contributed by atoms with van der Waals surface area (Å²) in [5.74, 6) is -0.424. The topological polar surface area (TPSA) is 111 Å². The molecule has 2 N–H and O–H groups in total. The minimum absolute atomic E-state index is 0.0367. The third-order valence-corrected chi connectivity index (χ3v) is 6.00. The first-order valence-electron chi connectivity index (χ1n) is 11.9. The Kier molecular flexibility index (Phi) is 8.14. The zero-order valence-corrected chi connectivity index (χ0v) is 20.3. The Bertz CT molecular complexity index is 1210. The van der Waals surface area contributed by atoms with E-state index in [1.54, 1.807) is 12.1 Å². The van der Waals surface area contributed by atoms with Crippen molar-refractivity contribution in [3.05, 3.63) is 59.0 Å². The van der Waals surface area contributed by atoms with Crippen LogP contribution in [-0.2, 0) is 30.6 Å². The van der Waals surface area contributed by atoms with Gasteiger partial charge in [0.05, 0.1) is 25.8 Å². The number of rotatable bonds is 11. The molecule has 0 spiro atoms. The molecular formula is C25H28F3N5O4. The van der Waals surface area contributed by atoms with Crippen LogP contribution in [0.15, 0.2) is 36.5 Å². The van der Waals surface area contributed by atoms with E-state index in [4.69, 9.17) is 9.47 Å². The SMILES string of the molecule is COc1ccc(C(CC(=O)O)Cc2cc(OCCc3ccc4c(n3)NCCC4)n(CC(F)(F)F)n2)cn1. The Morgan fingerprint density at radius 1 is 1.24 bits per heavy atom. The number of aromatic nitrogens is 4. The number of aryl methyl sites for hydroxylation is 1. The van der Waals surface area contributed by atoms with Crippen molar-refractivity contribution in [2.45, 2.75) is 50.7 Å². The van der Waals surface area contributed by atoms with Crippen LogP contribution in [0.25, 0.3) is 0 Å². The van der Waals surface area contributed by atoms with Crippen molar-refractivity contribution >= 4 is 11.8 Å². The van der Waals surface area contributed by atoms with Crippen LogP contribution >= 0.6 is 0 Å². The lowest BCUT2D eigenvalue weighted by Gasteiger charge is -2.17. The molecule has 0 amide bonds. The molecule has 1 aliphatic heterocycles. The van der Waals surface area contributed by atoms with E-state index in [1.807, 2.05) is 12.1 Å². The molecule has 0 aliphatic carbocycles. The predicted molar refractivity (Wildman–Crippen MR) is 128 cm³/mol. The molecule has 0 fully saturated rings. The summed E-state index contributed by atoms with van der Waals surface area (Å²) in [7, 11) is 1.46. The minimum atomic E-state index is -4.51. The first kappa shape index (κ1) is 26.2. The molecule has 4 rings (SSSR count). The van der Waals surface area contributed by atoms with Gasteiger partial charge in [0.2, 0.25) is 11.8 Å². The summed E-state index contributed by atoms with van der Waals surface area (Å²) in [6.07, 6.45) is -0.745. The maximum Gasteiger partial charge on any atom is 0.408 e. The number of hydrogen-bond donors (Lipinski definition) is 2. The summed E-state index contributed by atoms with van der Waals surface area (Å²) in [5, 5.41) is 16.7. The van der Waals surface area contributed by atoms with Crippen LogP contribution in [0.3, 0.4) is 0 Å². The second-order valence-corrected chi connectivity index (χ2v) is 8.82. The van der Waals surface area contributed by atoms with E-state index in [0.717, 1.165) is 41.1 Å². The van der Waals surface area contributed by atoms with E-state index in [2.05, 4.69) is 20.4 Å². The zero-order valence-electron chi connectivity index (χ0n) is 20.3. The van der Waals surface area contributed by atoms with Gasteiger partial charge in [-0.25, -0.2) is 14.6 Å². The lowest BCUT2D eigenvalue weighted by Crippen LogP contribution is -2.20.